The minimum absolute atomic E-state index is 0.283. The molecule has 2 aromatic rings. The third kappa shape index (κ3) is 5.04. The molecule has 0 heterocycles. The maximum Gasteiger partial charge on any atom is 0.175 e. The minimum Gasteiger partial charge on any atom is -0.362 e. The number of allylic oxidation sites excluding steroid dienone is 1. The summed E-state index contributed by atoms with van der Waals surface area (Å²) in [4.78, 5) is 35.6. The molecule has 1 aliphatic carbocycles. The van der Waals surface area contributed by atoms with E-state index in [4.69, 9.17) is 0 Å². The van der Waals surface area contributed by atoms with Gasteiger partial charge < -0.3 is 5.32 Å². The van der Waals surface area contributed by atoms with Crippen LogP contribution < -0.4 is 5.32 Å². The molecule has 1 N–H and O–H groups in total. The molecule has 0 bridgehead atoms. The number of hydrogen-bond acceptors (Lipinski definition) is 6. The number of benzene rings is 2. The molecule has 1 fully saturated rings. The van der Waals surface area contributed by atoms with Gasteiger partial charge >= 0.3 is 0 Å². The van der Waals surface area contributed by atoms with Gasteiger partial charge in [-0.15, -0.1) is 0 Å². The van der Waals surface area contributed by atoms with Gasteiger partial charge in [0.1, 0.15) is 5.92 Å². The average Bonchev–Trinajstić information content (AvgIpc) is 2.68. The summed E-state index contributed by atoms with van der Waals surface area (Å²) in [5, 5.41) is 11.2. The summed E-state index contributed by atoms with van der Waals surface area (Å²) < 4.78 is 0. The highest BCUT2D eigenvalue weighted by molar-refractivity contribution is 6.23. The van der Waals surface area contributed by atoms with E-state index in [0.29, 0.717) is 24.9 Å². The molecule has 1 aliphatic rings. The van der Waals surface area contributed by atoms with Crippen LogP contribution in [0.15, 0.2) is 77.1 Å². The van der Waals surface area contributed by atoms with Gasteiger partial charge in [-0.2, -0.15) is 10.2 Å². The lowest BCUT2D eigenvalue weighted by Crippen LogP contribution is -2.34. The van der Waals surface area contributed by atoms with E-state index in [1.165, 1.54) is 12.3 Å². The summed E-state index contributed by atoms with van der Waals surface area (Å²) in [5.74, 6) is -2.16. The Bertz CT molecular complexity index is 871. The molecule has 0 spiro atoms. The number of Topliss-reactive ketones (excluding diaryl/α,β-unsaturated/α-hetero) is 2. The van der Waals surface area contributed by atoms with Crippen LogP contribution >= 0.6 is 0 Å². The molecule has 0 aromatic heterocycles. The van der Waals surface area contributed by atoms with Gasteiger partial charge in [0, 0.05) is 24.7 Å². The predicted molar refractivity (Wildman–Crippen MR) is 102 cm³/mol. The Kier molecular flexibility index (Phi) is 5.99. The molecular weight excluding hydrogens is 342 g/mol. The molecule has 6 heteroatoms. The molecule has 1 saturated carbocycles. The van der Waals surface area contributed by atoms with Gasteiger partial charge in [-0.05, 0) is 48.9 Å². The van der Waals surface area contributed by atoms with Gasteiger partial charge in [-0.1, -0.05) is 18.2 Å². The summed E-state index contributed by atoms with van der Waals surface area (Å²) in [6.07, 6.45) is 3.81. The van der Waals surface area contributed by atoms with Gasteiger partial charge in [0.05, 0.1) is 11.4 Å². The van der Waals surface area contributed by atoms with Gasteiger partial charge in [-0.3, -0.25) is 14.4 Å². The summed E-state index contributed by atoms with van der Waals surface area (Å²) in [6, 6.07) is 16.6. The summed E-state index contributed by atoms with van der Waals surface area (Å²) in [6.45, 7) is 0. The van der Waals surface area contributed by atoms with Crippen LogP contribution in [0.2, 0.25) is 0 Å². The van der Waals surface area contributed by atoms with Crippen LogP contribution in [0.5, 0.6) is 0 Å². The number of nitrogens with one attached hydrogen (secondary N) is 1. The van der Waals surface area contributed by atoms with Crippen LogP contribution in [0.1, 0.15) is 19.3 Å². The lowest BCUT2D eigenvalue weighted by atomic mass is 9.84. The van der Waals surface area contributed by atoms with E-state index in [9.17, 15) is 14.4 Å². The maximum atomic E-state index is 12.1. The number of rotatable bonds is 6. The van der Waals surface area contributed by atoms with Crippen LogP contribution in [0.4, 0.5) is 17.1 Å². The second-order valence-electron chi connectivity index (χ2n) is 6.18. The highest BCUT2D eigenvalue weighted by atomic mass is 16.2. The smallest absolute Gasteiger partial charge is 0.175 e. The number of nitrogens with zero attached hydrogens (tertiary/aromatic N) is 2. The lowest BCUT2D eigenvalue weighted by molar-refractivity contribution is -0.140. The molecule has 0 amide bonds. The Morgan fingerprint density at radius 3 is 2.11 bits per heavy atom. The molecule has 0 aliphatic heterocycles. The van der Waals surface area contributed by atoms with Crippen molar-refractivity contribution in [1.29, 1.82) is 0 Å². The zero-order valence-corrected chi connectivity index (χ0v) is 14.7. The van der Waals surface area contributed by atoms with Crippen molar-refractivity contribution < 1.29 is 14.4 Å². The van der Waals surface area contributed by atoms with E-state index in [1.54, 1.807) is 24.3 Å². The first kappa shape index (κ1) is 18.4. The van der Waals surface area contributed by atoms with E-state index >= 15 is 0 Å². The van der Waals surface area contributed by atoms with Gasteiger partial charge in [0.15, 0.2) is 17.3 Å². The second-order valence-corrected chi connectivity index (χ2v) is 6.18. The zero-order valence-electron chi connectivity index (χ0n) is 14.7. The molecule has 3 rings (SSSR count). The van der Waals surface area contributed by atoms with Crippen molar-refractivity contribution >= 4 is 34.4 Å². The van der Waals surface area contributed by atoms with Gasteiger partial charge in [-0.25, -0.2) is 0 Å². The quantitative estimate of drug-likeness (QED) is 0.465. The Morgan fingerprint density at radius 2 is 1.48 bits per heavy atom. The van der Waals surface area contributed by atoms with Crippen LogP contribution in [0, 0.1) is 5.92 Å². The van der Waals surface area contributed by atoms with Crippen LogP contribution in [-0.4, -0.2) is 17.3 Å². The third-order valence-corrected chi connectivity index (χ3v) is 4.18. The van der Waals surface area contributed by atoms with Crippen molar-refractivity contribution in [2.24, 2.45) is 16.1 Å². The molecule has 0 saturated heterocycles. The van der Waals surface area contributed by atoms with Gasteiger partial charge in [0.25, 0.3) is 0 Å². The lowest BCUT2D eigenvalue weighted by Gasteiger charge is -2.16. The normalized spacial score (nSPS) is 15.6. The number of azo groups is 1. The topological polar surface area (TPSA) is 88.0 Å². The van der Waals surface area contributed by atoms with Crippen molar-refractivity contribution in [3.63, 3.8) is 0 Å². The minimum atomic E-state index is -1.13. The summed E-state index contributed by atoms with van der Waals surface area (Å²) in [5.41, 5.74) is 2.22. The van der Waals surface area contributed by atoms with Crippen molar-refractivity contribution in [3.05, 3.63) is 66.9 Å². The van der Waals surface area contributed by atoms with Crippen LogP contribution in [-0.2, 0) is 14.4 Å². The molecule has 2 aromatic carbocycles. The molecule has 0 unspecified atom stereocenters. The van der Waals surface area contributed by atoms with E-state index in [0.717, 1.165) is 11.4 Å². The molecule has 136 valence electrons. The highest BCUT2D eigenvalue weighted by Crippen LogP contribution is 2.21. The van der Waals surface area contributed by atoms with Gasteiger partial charge in [0.2, 0.25) is 0 Å². The molecule has 6 nitrogen and oxygen atoms in total. The monoisotopic (exact) mass is 361 g/mol. The number of ketones is 3. The van der Waals surface area contributed by atoms with E-state index < -0.39 is 11.7 Å². The summed E-state index contributed by atoms with van der Waals surface area (Å²) in [7, 11) is 0. The largest absolute Gasteiger partial charge is 0.362 e. The molecule has 0 atom stereocenters. The first-order chi connectivity index (χ1) is 13.1. The predicted octanol–water partition coefficient (Wildman–Crippen LogP) is 4.54. The number of hydrogen-bond donors (Lipinski definition) is 1. The Balaban J connectivity index is 1.56. The van der Waals surface area contributed by atoms with E-state index in [1.807, 2.05) is 30.3 Å². The van der Waals surface area contributed by atoms with Crippen LogP contribution in [0.3, 0.4) is 0 Å². The van der Waals surface area contributed by atoms with E-state index in [-0.39, 0.29) is 11.6 Å². The molecular formula is C21H19N3O3. The van der Waals surface area contributed by atoms with Crippen molar-refractivity contribution in [2.45, 2.75) is 19.3 Å². The fourth-order valence-electron chi connectivity index (χ4n) is 2.77. The SMILES string of the molecule is O=C(C=CNc1ccc(N=Nc2ccccc2)cc1)C1C(=O)CCCC1=O. The van der Waals surface area contributed by atoms with E-state index in [2.05, 4.69) is 15.5 Å². The number of carbonyl (C=O) groups excluding carboxylic acids is 3. The molecule has 0 radical (unpaired) electrons. The third-order valence-electron chi connectivity index (χ3n) is 4.18. The fraction of sp³-hybridized carbons (Fsp3) is 0.190. The molecule has 27 heavy (non-hydrogen) atoms. The zero-order chi connectivity index (χ0) is 19.1. The van der Waals surface area contributed by atoms with Crippen molar-refractivity contribution in [3.8, 4) is 0 Å². The second kappa shape index (κ2) is 8.80. The first-order valence-electron chi connectivity index (χ1n) is 8.73. The standard InChI is InChI=1S/C21H19N3O3/c25-18-7-4-8-19(26)21(18)20(27)13-14-22-15-9-11-17(12-10-15)24-23-16-5-2-1-3-6-16/h1-3,5-6,9-14,21-22H,4,7-8H2. The van der Waals surface area contributed by atoms with Crippen LogP contribution in [0.25, 0.3) is 0 Å². The van der Waals surface area contributed by atoms with Crippen molar-refractivity contribution in [1.82, 2.24) is 0 Å². The highest BCUT2D eigenvalue weighted by Gasteiger charge is 2.34. The maximum absolute atomic E-state index is 12.1. The van der Waals surface area contributed by atoms with Crippen molar-refractivity contribution in [2.75, 3.05) is 5.32 Å². The Hall–Kier alpha value is -3.41. The Morgan fingerprint density at radius 1 is 0.889 bits per heavy atom. The number of carbonyl (C=O) groups is 3. The Labute approximate surface area is 157 Å². The fourth-order valence-corrected chi connectivity index (χ4v) is 2.77. The number of anilines is 1. The summed E-state index contributed by atoms with van der Waals surface area (Å²) >= 11 is 0. The first-order valence-corrected chi connectivity index (χ1v) is 8.73. The average molecular weight is 361 g/mol.